The van der Waals surface area contributed by atoms with Crippen molar-refractivity contribution in [1.29, 1.82) is 5.41 Å². The number of allylic oxidation sites excluding steroid dienone is 4. The van der Waals surface area contributed by atoms with Crippen LogP contribution in [0, 0.1) is 5.41 Å². The fourth-order valence-corrected chi connectivity index (χ4v) is 2.83. The minimum atomic E-state index is -0.531. The summed E-state index contributed by atoms with van der Waals surface area (Å²) in [5.74, 6) is -0.250. The van der Waals surface area contributed by atoms with Crippen LogP contribution in [0.1, 0.15) is 25.8 Å². The monoisotopic (exact) mass is 452 g/mol. The maximum Gasteiger partial charge on any atom is 0.326 e. The van der Waals surface area contributed by atoms with Crippen molar-refractivity contribution in [3.8, 4) is 5.75 Å². The number of esters is 1. The van der Waals surface area contributed by atoms with E-state index in [0.29, 0.717) is 22.9 Å². The third-order valence-corrected chi connectivity index (χ3v) is 4.40. The van der Waals surface area contributed by atoms with Gasteiger partial charge in [-0.1, -0.05) is 45.8 Å². The van der Waals surface area contributed by atoms with Gasteiger partial charge in [0.25, 0.3) is 0 Å². The van der Waals surface area contributed by atoms with Gasteiger partial charge in [-0.2, -0.15) is 0 Å². The lowest BCUT2D eigenvalue weighted by Crippen LogP contribution is -2.28. The van der Waals surface area contributed by atoms with Gasteiger partial charge >= 0.3 is 5.97 Å². The van der Waals surface area contributed by atoms with Gasteiger partial charge in [0.15, 0.2) is 0 Å². The normalized spacial score (nSPS) is 13.7. The Morgan fingerprint density at radius 2 is 2.11 bits per heavy atom. The maximum atomic E-state index is 11.9. The predicted octanol–water partition coefficient (Wildman–Crippen LogP) is 4.75. The van der Waals surface area contributed by atoms with Crippen molar-refractivity contribution in [3.05, 3.63) is 63.1 Å². The third kappa shape index (κ3) is 7.33. The molecule has 7 heteroatoms. The van der Waals surface area contributed by atoms with Crippen LogP contribution in [0.5, 0.6) is 5.75 Å². The molecule has 5 nitrogen and oxygen atoms in total. The summed E-state index contributed by atoms with van der Waals surface area (Å²) in [6.45, 7) is 4.35. The molecule has 0 aromatic heterocycles. The topological polar surface area (TPSA) is 71.4 Å². The van der Waals surface area contributed by atoms with Crippen LogP contribution in [0.15, 0.2) is 52.6 Å². The second-order valence-electron chi connectivity index (χ2n) is 6.16. The first-order valence-electron chi connectivity index (χ1n) is 8.54. The molecule has 0 spiro atoms. The number of hydrogen-bond acceptors (Lipinski definition) is 5. The summed E-state index contributed by atoms with van der Waals surface area (Å²) in [6, 6.07) is 4.85. The number of carbonyl (C=O) groups is 1. The van der Waals surface area contributed by atoms with Crippen LogP contribution >= 0.6 is 27.5 Å². The Bertz CT molecular complexity index is 800. The van der Waals surface area contributed by atoms with E-state index < -0.39 is 5.97 Å². The van der Waals surface area contributed by atoms with Crippen LogP contribution in [0.2, 0.25) is 5.02 Å². The van der Waals surface area contributed by atoms with Gasteiger partial charge in [0.2, 0.25) is 5.90 Å². The molecule has 0 atom stereocenters. The van der Waals surface area contributed by atoms with Crippen molar-refractivity contribution in [3.63, 3.8) is 0 Å². The smallest absolute Gasteiger partial charge is 0.326 e. The van der Waals surface area contributed by atoms with Crippen molar-refractivity contribution < 1.29 is 14.3 Å². The number of carbonyl (C=O) groups excluding carboxylic acids is 1. The maximum absolute atomic E-state index is 11.9. The highest BCUT2D eigenvalue weighted by molar-refractivity contribution is 9.11. The van der Waals surface area contributed by atoms with Gasteiger partial charge in [0.1, 0.15) is 5.75 Å². The zero-order chi connectivity index (χ0) is 19.8. The van der Waals surface area contributed by atoms with E-state index in [4.69, 9.17) is 26.5 Å². The van der Waals surface area contributed by atoms with Gasteiger partial charge in [-0.15, -0.1) is 0 Å². The molecule has 1 aromatic rings. The lowest BCUT2D eigenvalue weighted by Gasteiger charge is -2.12. The van der Waals surface area contributed by atoms with E-state index in [9.17, 15) is 4.79 Å². The second-order valence-corrected chi connectivity index (χ2v) is 7.48. The summed E-state index contributed by atoms with van der Waals surface area (Å²) in [7, 11) is 0. The van der Waals surface area contributed by atoms with Gasteiger partial charge < -0.3 is 14.8 Å². The van der Waals surface area contributed by atoms with E-state index in [2.05, 4.69) is 33.4 Å². The van der Waals surface area contributed by atoms with Gasteiger partial charge in [0.05, 0.1) is 17.7 Å². The van der Waals surface area contributed by atoms with E-state index in [-0.39, 0.29) is 18.5 Å². The zero-order valence-corrected chi connectivity index (χ0v) is 17.6. The zero-order valence-electron chi connectivity index (χ0n) is 15.2. The van der Waals surface area contributed by atoms with Crippen LogP contribution in [0.25, 0.3) is 0 Å². The Morgan fingerprint density at radius 3 is 2.81 bits per heavy atom. The van der Waals surface area contributed by atoms with Crippen LogP contribution in [-0.2, 0) is 9.53 Å². The second kappa shape index (κ2) is 10.4. The number of ether oxygens (including phenoxy) is 2. The van der Waals surface area contributed by atoms with Crippen molar-refractivity contribution in [2.45, 2.75) is 26.4 Å². The van der Waals surface area contributed by atoms with E-state index in [0.717, 1.165) is 16.5 Å². The molecule has 0 heterocycles. The first kappa shape index (κ1) is 21.4. The fourth-order valence-electron chi connectivity index (χ4n) is 2.29. The number of nitrogens with one attached hydrogen (secondary N) is 2. The largest absolute Gasteiger partial charge is 0.489 e. The van der Waals surface area contributed by atoms with E-state index in [1.807, 2.05) is 26.0 Å². The molecule has 0 fully saturated rings. The highest BCUT2D eigenvalue weighted by Gasteiger charge is 2.12. The molecule has 0 bridgehead atoms. The molecule has 0 aliphatic heterocycles. The fraction of sp³-hybridized carbons (Fsp3) is 0.300. The number of rotatable bonds is 7. The van der Waals surface area contributed by atoms with Crippen molar-refractivity contribution in [2.24, 2.45) is 0 Å². The molecule has 1 aromatic carbocycles. The summed E-state index contributed by atoms with van der Waals surface area (Å²) < 4.78 is 11.7. The molecular weight excluding hydrogens is 432 g/mol. The lowest BCUT2D eigenvalue weighted by atomic mass is 10.2. The van der Waals surface area contributed by atoms with Crippen molar-refractivity contribution in [1.82, 2.24) is 5.32 Å². The van der Waals surface area contributed by atoms with Gasteiger partial charge in [-0.05, 0) is 50.1 Å². The standard InChI is InChI=1S/C20H22BrClN2O3/c1-13(2)26-18-9-7-15(10-17(18)22)20(23)27-19(25)12-24-11-14-4-3-5-16(21)8-6-14/h4-10,13,23-24H,3,11-12H2,1-2H3. The van der Waals surface area contributed by atoms with Crippen LogP contribution in [0.3, 0.4) is 0 Å². The Labute approximate surface area is 172 Å². The first-order chi connectivity index (χ1) is 12.8. The SMILES string of the molecule is CC(C)Oc1ccc(C(=N)OC(=O)CNCC2=CCC=C(Br)C=C2)cc1Cl. The van der Waals surface area contributed by atoms with E-state index in [1.165, 1.54) is 0 Å². The van der Waals surface area contributed by atoms with Crippen LogP contribution < -0.4 is 10.1 Å². The summed E-state index contributed by atoms with van der Waals surface area (Å²) in [5.41, 5.74) is 1.49. The van der Waals surface area contributed by atoms with E-state index >= 15 is 0 Å². The minimum absolute atomic E-state index is 0.00440. The number of halogens is 2. The van der Waals surface area contributed by atoms with Gasteiger partial charge in [-0.3, -0.25) is 10.2 Å². The Hall–Kier alpha value is -1.89. The highest BCUT2D eigenvalue weighted by atomic mass is 79.9. The number of hydrogen-bond donors (Lipinski definition) is 2. The van der Waals surface area contributed by atoms with Gasteiger partial charge in [0, 0.05) is 16.6 Å². The third-order valence-electron chi connectivity index (χ3n) is 3.52. The molecule has 0 radical (unpaired) electrons. The quantitative estimate of drug-likeness (QED) is 0.355. The molecule has 27 heavy (non-hydrogen) atoms. The molecule has 1 aliphatic rings. The molecule has 1 aliphatic carbocycles. The average Bonchev–Trinajstić information content (AvgIpc) is 2.80. The van der Waals surface area contributed by atoms with E-state index in [1.54, 1.807) is 18.2 Å². The molecular formula is C20H22BrClN2O3. The molecule has 2 N–H and O–H groups in total. The molecule has 0 saturated carbocycles. The Morgan fingerprint density at radius 1 is 1.33 bits per heavy atom. The Balaban J connectivity index is 1.81. The molecule has 0 saturated heterocycles. The molecule has 0 amide bonds. The molecule has 0 unspecified atom stereocenters. The summed E-state index contributed by atoms with van der Waals surface area (Å²) >= 11 is 9.59. The first-order valence-corrected chi connectivity index (χ1v) is 9.71. The van der Waals surface area contributed by atoms with Crippen LogP contribution in [-0.4, -0.2) is 31.1 Å². The summed E-state index contributed by atoms with van der Waals surface area (Å²) in [6.07, 6.45) is 8.90. The average molecular weight is 454 g/mol. The molecule has 2 rings (SSSR count). The highest BCUT2D eigenvalue weighted by Crippen LogP contribution is 2.26. The number of benzene rings is 1. The van der Waals surface area contributed by atoms with Crippen molar-refractivity contribution >= 4 is 39.4 Å². The van der Waals surface area contributed by atoms with Crippen molar-refractivity contribution in [2.75, 3.05) is 13.1 Å². The van der Waals surface area contributed by atoms with Gasteiger partial charge in [-0.25, -0.2) is 0 Å². The summed E-state index contributed by atoms with van der Waals surface area (Å²) in [4.78, 5) is 11.9. The minimum Gasteiger partial charge on any atom is -0.489 e. The van der Waals surface area contributed by atoms with Crippen LogP contribution in [0.4, 0.5) is 0 Å². The molecule has 144 valence electrons. The summed E-state index contributed by atoms with van der Waals surface area (Å²) in [5, 5.41) is 11.3. The predicted molar refractivity (Wildman–Crippen MR) is 112 cm³/mol. The lowest BCUT2D eigenvalue weighted by molar-refractivity contribution is -0.134. The Kier molecular flexibility index (Phi) is 8.28.